The molecule has 0 aliphatic carbocycles. The Morgan fingerprint density at radius 3 is 2.61 bits per heavy atom. The number of ether oxygens (including phenoxy) is 1. The molecule has 1 N–H and O–H groups in total. The van der Waals surface area contributed by atoms with E-state index in [-0.39, 0.29) is 0 Å². The molecule has 0 amide bonds. The average molecular weight is 308 g/mol. The van der Waals surface area contributed by atoms with Gasteiger partial charge in [-0.3, -0.25) is 4.90 Å². The summed E-state index contributed by atoms with van der Waals surface area (Å²) in [7, 11) is 0. The molecule has 4 rings (SSSR count). The van der Waals surface area contributed by atoms with Crippen molar-refractivity contribution in [2.24, 2.45) is 0 Å². The molecule has 2 aliphatic rings. The van der Waals surface area contributed by atoms with Crippen LogP contribution in [0.5, 0.6) is 0 Å². The summed E-state index contributed by atoms with van der Waals surface area (Å²) in [5.74, 6) is 0. The van der Waals surface area contributed by atoms with Crippen molar-refractivity contribution in [1.82, 2.24) is 10.2 Å². The molecule has 1 atom stereocenters. The van der Waals surface area contributed by atoms with Crippen molar-refractivity contribution in [3.63, 3.8) is 0 Å². The number of hydrogen-bond donors (Lipinski definition) is 1. The molecule has 1 saturated heterocycles. The number of rotatable bonds is 3. The maximum atomic E-state index is 5.42. The maximum absolute atomic E-state index is 5.42. The minimum atomic E-state index is 0.331. The molecule has 3 heteroatoms. The topological polar surface area (TPSA) is 24.5 Å². The molecule has 0 aromatic heterocycles. The number of benzene rings is 2. The fourth-order valence-electron chi connectivity index (χ4n) is 3.64. The van der Waals surface area contributed by atoms with Gasteiger partial charge in [0.25, 0.3) is 0 Å². The molecule has 0 unspecified atom stereocenters. The van der Waals surface area contributed by atoms with E-state index in [1.165, 1.54) is 22.3 Å². The Morgan fingerprint density at radius 1 is 1.00 bits per heavy atom. The molecule has 3 nitrogen and oxygen atoms in total. The summed E-state index contributed by atoms with van der Waals surface area (Å²) in [5.41, 5.74) is 5.66. The number of nitrogens with one attached hydrogen (secondary N) is 1. The Balaban J connectivity index is 1.50. The molecular formula is C20H24N2O. The highest BCUT2D eigenvalue weighted by atomic mass is 16.5. The van der Waals surface area contributed by atoms with Crippen LogP contribution in [0, 0.1) is 0 Å². The van der Waals surface area contributed by atoms with E-state index in [0.717, 1.165) is 45.8 Å². The van der Waals surface area contributed by atoms with Crippen LogP contribution >= 0.6 is 0 Å². The molecule has 1 fully saturated rings. The third-order valence-electron chi connectivity index (χ3n) is 4.93. The van der Waals surface area contributed by atoms with E-state index in [0.29, 0.717) is 6.04 Å². The molecule has 0 bridgehead atoms. The van der Waals surface area contributed by atoms with Gasteiger partial charge in [0.05, 0.1) is 19.3 Å². The first-order chi connectivity index (χ1) is 11.4. The fraction of sp³-hybridized carbons (Fsp3) is 0.400. The summed E-state index contributed by atoms with van der Waals surface area (Å²) < 4.78 is 5.42. The molecule has 0 radical (unpaired) electrons. The summed E-state index contributed by atoms with van der Waals surface area (Å²) in [4.78, 5) is 2.46. The first-order valence-electron chi connectivity index (χ1n) is 8.60. The molecule has 0 spiro atoms. The van der Waals surface area contributed by atoms with Crippen molar-refractivity contribution >= 4 is 0 Å². The first-order valence-corrected chi connectivity index (χ1v) is 8.60. The van der Waals surface area contributed by atoms with Crippen molar-refractivity contribution < 1.29 is 4.74 Å². The molecule has 2 aliphatic heterocycles. The number of fused-ring (bicyclic) bond motifs is 1. The Labute approximate surface area is 138 Å². The lowest BCUT2D eigenvalue weighted by molar-refractivity contribution is 0.0342. The largest absolute Gasteiger partial charge is 0.379 e. The van der Waals surface area contributed by atoms with Gasteiger partial charge in [0, 0.05) is 26.2 Å². The van der Waals surface area contributed by atoms with Gasteiger partial charge in [-0.05, 0) is 28.7 Å². The highest BCUT2D eigenvalue weighted by Crippen LogP contribution is 2.28. The third kappa shape index (κ3) is 3.32. The molecular weight excluding hydrogens is 284 g/mol. The number of hydrogen-bond acceptors (Lipinski definition) is 3. The van der Waals surface area contributed by atoms with Gasteiger partial charge in [-0.1, -0.05) is 48.5 Å². The van der Waals surface area contributed by atoms with E-state index in [4.69, 9.17) is 4.74 Å². The SMILES string of the molecule is c1ccc2c(c1)CCN[C@H]2c1ccc(CN2CCOCC2)cc1. The predicted octanol–water partition coefficient (Wildman–Crippen LogP) is 2.75. The van der Waals surface area contributed by atoms with Crippen molar-refractivity contribution in [2.75, 3.05) is 32.8 Å². The van der Waals surface area contributed by atoms with Crippen molar-refractivity contribution in [3.05, 3.63) is 70.8 Å². The van der Waals surface area contributed by atoms with Crippen LogP contribution in [-0.2, 0) is 17.7 Å². The molecule has 2 aromatic carbocycles. The molecule has 0 saturated carbocycles. The molecule has 2 aromatic rings. The smallest absolute Gasteiger partial charge is 0.0594 e. The van der Waals surface area contributed by atoms with Crippen molar-refractivity contribution in [1.29, 1.82) is 0 Å². The quantitative estimate of drug-likeness (QED) is 0.943. The zero-order valence-corrected chi connectivity index (χ0v) is 13.5. The van der Waals surface area contributed by atoms with Gasteiger partial charge in [-0.25, -0.2) is 0 Å². The second-order valence-electron chi connectivity index (χ2n) is 6.47. The second-order valence-corrected chi connectivity index (χ2v) is 6.47. The lowest BCUT2D eigenvalue weighted by Crippen LogP contribution is -2.35. The Morgan fingerprint density at radius 2 is 1.78 bits per heavy atom. The molecule has 120 valence electrons. The van der Waals surface area contributed by atoms with Crippen molar-refractivity contribution in [3.8, 4) is 0 Å². The van der Waals surface area contributed by atoms with E-state index in [1.54, 1.807) is 0 Å². The maximum Gasteiger partial charge on any atom is 0.0594 e. The van der Waals surface area contributed by atoms with E-state index >= 15 is 0 Å². The summed E-state index contributed by atoms with van der Waals surface area (Å²) in [6.45, 7) is 5.88. The van der Waals surface area contributed by atoms with Crippen LogP contribution in [-0.4, -0.2) is 37.7 Å². The van der Waals surface area contributed by atoms with Crippen LogP contribution in [0.2, 0.25) is 0 Å². The molecule has 2 heterocycles. The normalized spacial score (nSPS) is 21.8. The van der Waals surface area contributed by atoms with Gasteiger partial charge in [0.15, 0.2) is 0 Å². The monoisotopic (exact) mass is 308 g/mol. The third-order valence-corrected chi connectivity index (χ3v) is 4.93. The standard InChI is InChI=1S/C20H24N2O/c1-2-4-19-17(3-1)9-10-21-20(19)18-7-5-16(6-8-18)15-22-11-13-23-14-12-22/h1-8,20-21H,9-15H2/t20-/m0/s1. The van der Waals surface area contributed by atoms with E-state index in [9.17, 15) is 0 Å². The fourth-order valence-corrected chi connectivity index (χ4v) is 3.64. The number of nitrogens with zero attached hydrogens (tertiary/aromatic N) is 1. The van der Waals surface area contributed by atoms with Gasteiger partial charge >= 0.3 is 0 Å². The summed E-state index contributed by atoms with van der Waals surface area (Å²) in [6.07, 6.45) is 1.13. The van der Waals surface area contributed by atoms with E-state index < -0.39 is 0 Å². The summed E-state index contributed by atoms with van der Waals surface area (Å²) in [5, 5.41) is 3.67. The Bertz CT molecular complexity index is 647. The number of morpholine rings is 1. The van der Waals surface area contributed by atoms with Gasteiger partial charge in [-0.2, -0.15) is 0 Å². The van der Waals surface area contributed by atoms with Crippen LogP contribution in [0.15, 0.2) is 48.5 Å². The van der Waals surface area contributed by atoms with Gasteiger partial charge in [0.2, 0.25) is 0 Å². The summed E-state index contributed by atoms with van der Waals surface area (Å²) >= 11 is 0. The van der Waals surface area contributed by atoms with E-state index in [2.05, 4.69) is 58.7 Å². The van der Waals surface area contributed by atoms with Crippen molar-refractivity contribution in [2.45, 2.75) is 19.0 Å². The lowest BCUT2D eigenvalue weighted by atomic mass is 9.89. The van der Waals surface area contributed by atoms with Gasteiger partial charge in [0.1, 0.15) is 0 Å². The van der Waals surface area contributed by atoms with Crippen LogP contribution in [0.4, 0.5) is 0 Å². The van der Waals surface area contributed by atoms with Crippen LogP contribution in [0.3, 0.4) is 0 Å². The van der Waals surface area contributed by atoms with Crippen LogP contribution in [0.1, 0.15) is 28.3 Å². The Kier molecular flexibility index (Phi) is 4.42. The average Bonchev–Trinajstić information content (AvgIpc) is 2.63. The highest BCUT2D eigenvalue weighted by molar-refractivity contribution is 5.40. The lowest BCUT2D eigenvalue weighted by Gasteiger charge is -2.28. The van der Waals surface area contributed by atoms with Crippen LogP contribution < -0.4 is 5.32 Å². The van der Waals surface area contributed by atoms with E-state index in [1.807, 2.05) is 0 Å². The summed E-state index contributed by atoms with van der Waals surface area (Å²) in [6, 6.07) is 18.3. The van der Waals surface area contributed by atoms with Gasteiger partial charge < -0.3 is 10.1 Å². The Hall–Kier alpha value is -1.68. The predicted molar refractivity (Wildman–Crippen MR) is 92.5 cm³/mol. The molecule has 23 heavy (non-hydrogen) atoms. The van der Waals surface area contributed by atoms with Gasteiger partial charge in [-0.15, -0.1) is 0 Å². The minimum Gasteiger partial charge on any atom is -0.379 e. The second kappa shape index (κ2) is 6.83. The first kappa shape index (κ1) is 14.9. The highest BCUT2D eigenvalue weighted by Gasteiger charge is 2.20. The van der Waals surface area contributed by atoms with Crippen LogP contribution in [0.25, 0.3) is 0 Å². The minimum absolute atomic E-state index is 0.331. The zero-order chi connectivity index (χ0) is 15.5. The zero-order valence-electron chi connectivity index (χ0n) is 13.5.